The molecule has 0 spiro atoms. The van der Waals surface area contributed by atoms with Crippen molar-refractivity contribution in [2.24, 2.45) is 5.73 Å². The Hall–Kier alpha value is -3.23. The summed E-state index contributed by atoms with van der Waals surface area (Å²) in [5.41, 5.74) is 8.90. The van der Waals surface area contributed by atoms with Crippen LogP contribution in [0, 0.1) is 0 Å². The minimum atomic E-state index is -0.807. The molecule has 7 nitrogen and oxygen atoms in total. The van der Waals surface area contributed by atoms with E-state index in [1.165, 1.54) is 0 Å². The highest BCUT2D eigenvalue weighted by atomic mass is 32.1. The summed E-state index contributed by atoms with van der Waals surface area (Å²) in [6.45, 7) is 2.33. The van der Waals surface area contributed by atoms with E-state index in [9.17, 15) is 9.90 Å². The molecule has 8 heteroatoms. The summed E-state index contributed by atoms with van der Waals surface area (Å²) < 4.78 is 5.95. The molecule has 0 bridgehead atoms. The number of benzene rings is 2. The van der Waals surface area contributed by atoms with Gasteiger partial charge in [-0.3, -0.25) is 4.79 Å². The predicted molar refractivity (Wildman–Crippen MR) is 130 cm³/mol. The summed E-state index contributed by atoms with van der Waals surface area (Å²) in [7, 11) is 0. The fourth-order valence-electron chi connectivity index (χ4n) is 2.95. The van der Waals surface area contributed by atoms with E-state index in [1.807, 2.05) is 42.5 Å². The molecule has 1 unspecified atom stereocenters. The molecule has 0 aliphatic heterocycles. The number of ether oxygens (including phenoxy) is 1. The smallest absolute Gasteiger partial charge is 0.261 e. The van der Waals surface area contributed by atoms with Crippen molar-refractivity contribution in [2.75, 3.05) is 17.6 Å². The van der Waals surface area contributed by atoms with E-state index in [0.717, 1.165) is 11.3 Å². The molecular formula is C24H28N4O3S. The zero-order valence-electron chi connectivity index (χ0n) is 17.9. The highest BCUT2D eigenvalue weighted by molar-refractivity contribution is 7.80. The van der Waals surface area contributed by atoms with Crippen molar-refractivity contribution < 1.29 is 14.6 Å². The first-order valence-corrected chi connectivity index (χ1v) is 11.0. The number of amides is 1. The number of rotatable bonds is 10. The number of hydrogen-bond acceptors (Lipinski definition) is 7. The maximum absolute atomic E-state index is 12.6. The SMILES string of the molecule is C[C@@H](Oc1nc(-c2ccccc2)ccc1NCC(N)CS)C(=O)NCc1ccccc1O. The molecular weight excluding hydrogens is 424 g/mol. The molecule has 2 atom stereocenters. The van der Waals surface area contributed by atoms with Gasteiger partial charge in [-0.1, -0.05) is 48.5 Å². The number of phenols is 1. The molecule has 1 aromatic heterocycles. The van der Waals surface area contributed by atoms with Gasteiger partial charge in [0, 0.05) is 36.0 Å². The monoisotopic (exact) mass is 452 g/mol. The van der Waals surface area contributed by atoms with Crippen LogP contribution in [0.15, 0.2) is 66.7 Å². The Labute approximate surface area is 193 Å². The van der Waals surface area contributed by atoms with Crippen molar-refractivity contribution in [1.29, 1.82) is 0 Å². The molecule has 1 heterocycles. The summed E-state index contributed by atoms with van der Waals surface area (Å²) in [6, 6.07) is 20.2. The van der Waals surface area contributed by atoms with Gasteiger partial charge >= 0.3 is 0 Å². The van der Waals surface area contributed by atoms with Gasteiger partial charge in [-0.2, -0.15) is 12.6 Å². The maximum atomic E-state index is 12.6. The third-order valence-corrected chi connectivity index (χ3v) is 5.29. The molecule has 3 aromatic rings. The number of hydrogen-bond donors (Lipinski definition) is 5. The third-order valence-electron chi connectivity index (χ3n) is 4.82. The zero-order valence-corrected chi connectivity index (χ0v) is 18.8. The van der Waals surface area contributed by atoms with Crippen LogP contribution in [0.1, 0.15) is 12.5 Å². The van der Waals surface area contributed by atoms with Crippen LogP contribution in [0.4, 0.5) is 5.69 Å². The van der Waals surface area contributed by atoms with Crippen LogP contribution < -0.4 is 21.1 Å². The number of aromatic nitrogens is 1. The second-order valence-electron chi connectivity index (χ2n) is 7.35. The zero-order chi connectivity index (χ0) is 22.9. The fourth-order valence-corrected chi connectivity index (χ4v) is 3.08. The largest absolute Gasteiger partial charge is 0.508 e. The van der Waals surface area contributed by atoms with Crippen LogP contribution >= 0.6 is 12.6 Å². The van der Waals surface area contributed by atoms with Gasteiger partial charge in [0.15, 0.2) is 6.10 Å². The summed E-state index contributed by atoms with van der Waals surface area (Å²) in [6.07, 6.45) is -0.807. The number of thiol groups is 1. The van der Waals surface area contributed by atoms with Crippen molar-refractivity contribution in [3.05, 3.63) is 72.3 Å². The van der Waals surface area contributed by atoms with Gasteiger partial charge in [-0.05, 0) is 25.1 Å². The standard InChI is InChI=1S/C24H28N4O3S/c1-16(23(30)27-13-18-9-5-6-10-22(18)29)31-24-21(26-14-19(25)15-32)12-11-20(28-24)17-7-3-2-4-8-17/h2-12,16,19,26,29,32H,13-15,25H2,1H3,(H,27,30)/t16-,19?/m1/s1. The molecule has 3 rings (SSSR count). The molecule has 32 heavy (non-hydrogen) atoms. The lowest BCUT2D eigenvalue weighted by atomic mass is 10.1. The van der Waals surface area contributed by atoms with Gasteiger partial charge in [0.1, 0.15) is 5.75 Å². The van der Waals surface area contributed by atoms with Crippen LogP contribution in [-0.4, -0.2) is 40.4 Å². The van der Waals surface area contributed by atoms with Gasteiger partial charge in [-0.25, -0.2) is 4.98 Å². The van der Waals surface area contributed by atoms with E-state index in [0.29, 0.717) is 29.4 Å². The minimum absolute atomic E-state index is 0.130. The van der Waals surface area contributed by atoms with Crippen LogP contribution in [0.25, 0.3) is 11.3 Å². The Kier molecular flexibility index (Phi) is 8.35. The number of nitrogens with zero attached hydrogens (tertiary/aromatic N) is 1. The van der Waals surface area contributed by atoms with Gasteiger partial charge in [0.05, 0.1) is 11.4 Å². The van der Waals surface area contributed by atoms with Gasteiger partial charge in [-0.15, -0.1) is 0 Å². The number of pyridine rings is 1. The average Bonchev–Trinajstić information content (AvgIpc) is 2.82. The minimum Gasteiger partial charge on any atom is -0.508 e. The van der Waals surface area contributed by atoms with Crippen molar-refractivity contribution in [2.45, 2.75) is 25.6 Å². The Morgan fingerprint density at radius 2 is 1.84 bits per heavy atom. The molecule has 1 amide bonds. The van der Waals surface area contributed by atoms with Crippen LogP contribution in [0.5, 0.6) is 11.6 Å². The number of carbonyl (C=O) groups excluding carboxylic acids is 1. The predicted octanol–water partition coefficient (Wildman–Crippen LogP) is 3.21. The number of para-hydroxylation sites is 1. The average molecular weight is 453 g/mol. The van der Waals surface area contributed by atoms with Crippen LogP contribution in [0.2, 0.25) is 0 Å². The Morgan fingerprint density at radius 1 is 1.12 bits per heavy atom. The van der Waals surface area contributed by atoms with E-state index in [1.54, 1.807) is 31.2 Å². The van der Waals surface area contributed by atoms with E-state index in [-0.39, 0.29) is 24.2 Å². The summed E-state index contributed by atoms with van der Waals surface area (Å²) >= 11 is 4.21. The molecule has 0 saturated heterocycles. The lowest BCUT2D eigenvalue weighted by molar-refractivity contribution is -0.127. The molecule has 0 fully saturated rings. The van der Waals surface area contributed by atoms with Crippen molar-refractivity contribution in [3.63, 3.8) is 0 Å². The number of carbonyl (C=O) groups is 1. The number of nitrogens with one attached hydrogen (secondary N) is 2. The molecule has 168 valence electrons. The van der Waals surface area contributed by atoms with Gasteiger partial charge in [0.2, 0.25) is 5.88 Å². The second-order valence-corrected chi connectivity index (χ2v) is 7.71. The van der Waals surface area contributed by atoms with Crippen molar-refractivity contribution in [3.8, 4) is 22.9 Å². The van der Waals surface area contributed by atoms with Crippen LogP contribution in [-0.2, 0) is 11.3 Å². The fraction of sp³-hybridized carbons (Fsp3) is 0.250. The molecule has 0 radical (unpaired) electrons. The molecule has 0 aliphatic carbocycles. The first-order chi connectivity index (χ1) is 15.5. The maximum Gasteiger partial charge on any atom is 0.261 e. The first-order valence-electron chi connectivity index (χ1n) is 10.4. The topological polar surface area (TPSA) is 110 Å². The molecule has 0 aliphatic rings. The van der Waals surface area contributed by atoms with Crippen molar-refractivity contribution >= 4 is 24.2 Å². The molecule has 5 N–H and O–H groups in total. The number of anilines is 1. The highest BCUT2D eigenvalue weighted by Crippen LogP contribution is 2.28. The summed E-state index contributed by atoms with van der Waals surface area (Å²) in [4.78, 5) is 17.3. The Balaban J connectivity index is 1.75. The van der Waals surface area contributed by atoms with E-state index in [4.69, 9.17) is 10.5 Å². The quantitative estimate of drug-likeness (QED) is 0.302. The lowest BCUT2D eigenvalue weighted by Gasteiger charge is -2.19. The van der Waals surface area contributed by atoms with E-state index >= 15 is 0 Å². The van der Waals surface area contributed by atoms with Crippen molar-refractivity contribution in [1.82, 2.24) is 10.3 Å². The second kappa shape index (κ2) is 11.4. The Morgan fingerprint density at radius 3 is 2.56 bits per heavy atom. The lowest BCUT2D eigenvalue weighted by Crippen LogP contribution is -2.36. The van der Waals surface area contributed by atoms with E-state index < -0.39 is 6.10 Å². The number of nitrogens with two attached hydrogens (primary N) is 1. The van der Waals surface area contributed by atoms with Gasteiger partial charge in [0.25, 0.3) is 5.91 Å². The number of aromatic hydroxyl groups is 1. The third kappa shape index (κ3) is 6.38. The molecule has 0 saturated carbocycles. The Bertz CT molecular complexity index is 1030. The van der Waals surface area contributed by atoms with Gasteiger partial charge < -0.3 is 26.2 Å². The highest BCUT2D eigenvalue weighted by Gasteiger charge is 2.19. The number of phenolic OH excluding ortho intramolecular Hbond substituents is 1. The first kappa shape index (κ1) is 23.4. The van der Waals surface area contributed by atoms with E-state index in [2.05, 4.69) is 28.2 Å². The molecule has 2 aromatic carbocycles. The summed E-state index contributed by atoms with van der Waals surface area (Å²) in [5.74, 6) is 0.649. The summed E-state index contributed by atoms with van der Waals surface area (Å²) in [5, 5.41) is 15.9. The van der Waals surface area contributed by atoms with Crippen LogP contribution in [0.3, 0.4) is 0 Å². The normalized spacial score (nSPS) is 12.6.